The third-order valence-corrected chi connectivity index (χ3v) is 4.53. The number of nitrogens with zero attached hydrogens (tertiary/aromatic N) is 2. The molecule has 1 atom stereocenters. The molecule has 0 aliphatic carbocycles. The van der Waals surface area contributed by atoms with Crippen molar-refractivity contribution in [1.82, 2.24) is 4.90 Å². The van der Waals surface area contributed by atoms with E-state index in [0.29, 0.717) is 30.3 Å². The first-order valence-electron chi connectivity index (χ1n) is 7.75. The van der Waals surface area contributed by atoms with Crippen molar-refractivity contribution >= 4 is 41.5 Å². The van der Waals surface area contributed by atoms with Crippen molar-refractivity contribution in [3.63, 3.8) is 0 Å². The quantitative estimate of drug-likeness (QED) is 0.862. The molecule has 1 saturated heterocycles. The Bertz CT molecular complexity index is 607. The van der Waals surface area contributed by atoms with Crippen LogP contribution in [0.2, 0.25) is 5.02 Å². The molecular weight excluding hydrogens is 349 g/mol. The molecule has 134 valence electrons. The molecule has 0 aromatic heterocycles. The molecule has 0 radical (unpaired) electrons. The average molecular weight is 374 g/mol. The summed E-state index contributed by atoms with van der Waals surface area (Å²) in [4.78, 5) is 28.2. The van der Waals surface area contributed by atoms with Crippen LogP contribution in [0.3, 0.4) is 0 Å². The van der Waals surface area contributed by atoms with Crippen molar-refractivity contribution in [2.75, 3.05) is 31.6 Å². The Hall–Kier alpha value is -1.30. The highest BCUT2D eigenvalue weighted by Crippen LogP contribution is 2.31. The fourth-order valence-corrected chi connectivity index (χ4v) is 3.11. The zero-order valence-corrected chi connectivity index (χ0v) is 15.9. The monoisotopic (exact) mass is 373 g/mol. The minimum Gasteiger partial charge on any atom is -0.345 e. The van der Waals surface area contributed by atoms with Gasteiger partial charge in [0, 0.05) is 26.6 Å². The van der Waals surface area contributed by atoms with Crippen LogP contribution in [0.1, 0.15) is 20.3 Å². The molecule has 1 unspecified atom stereocenters. The van der Waals surface area contributed by atoms with Gasteiger partial charge in [0.2, 0.25) is 11.8 Å². The van der Waals surface area contributed by atoms with Gasteiger partial charge in [-0.25, -0.2) is 0 Å². The van der Waals surface area contributed by atoms with Gasteiger partial charge in [0.15, 0.2) is 0 Å². The van der Waals surface area contributed by atoms with E-state index in [4.69, 9.17) is 17.3 Å². The first-order valence-corrected chi connectivity index (χ1v) is 8.13. The van der Waals surface area contributed by atoms with Gasteiger partial charge in [0.05, 0.1) is 16.6 Å². The highest BCUT2D eigenvalue weighted by atomic mass is 35.5. The van der Waals surface area contributed by atoms with Crippen molar-refractivity contribution in [2.24, 2.45) is 17.1 Å². The van der Waals surface area contributed by atoms with Crippen molar-refractivity contribution in [3.8, 4) is 0 Å². The lowest BCUT2D eigenvalue weighted by Gasteiger charge is -2.30. The minimum absolute atomic E-state index is 0. The van der Waals surface area contributed by atoms with E-state index in [2.05, 4.69) is 0 Å². The van der Waals surface area contributed by atoms with Crippen LogP contribution in [-0.4, -0.2) is 43.4 Å². The van der Waals surface area contributed by atoms with E-state index < -0.39 is 0 Å². The van der Waals surface area contributed by atoms with Crippen LogP contribution in [0, 0.1) is 11.3 Å². The zero-order valence-electron chi connectivity index (χ0n) is 14.3. The van der Waals surface area contributed by atoms with Crippen LogP contribution in [0.15, 0.2) is 24.3 Å². The van der Waals surface area contributed by atoms with Gasteiger partial charge in [-0.3, -0.25) is 9.59 Å². The number of halogens is 2. The largest absolute Gasteiger partial charge is 0.345 e. The molecule has 7 heteroatoms. The molecule has 0 saturated carbocycles. The molecule has 0 spiro atoms. The Morgan fingerprint density at radius 3 is 2.62 bits per heavy atom. The summed E-state index contributed by atoms with van der Waals surface area (Å²) in [6, 6.07) is 7.20. The SMILES string of the molecule is CN(CC(C)(C)CN)C(=O)C1CC(=O)N(c2ccccc2Cl)C1.Cl. The first-order chi connectivity index (χ1) is 10.7. The lowest BCUT2D eigenvalue weighted by Crippen LogP contribution is -2.42. The van der Waals surface area contributed by atoms with Crippen molar-refractivity contribution in [3.05, 3.63) is 29.3 Å². The zero-order chi connectivity index (χ0) is 17.2. The number of para-hydroxylation sites is 1. The highest BCUT2D eigenvalue weighted by molar-refractivity contribution is 6.33. The number of anilines is 1. The van der Waals surface area contributed by atoms with Gasteiger partial charge in [-0.2, -0.15) is 0 Å². The van der Waals surface area contributed by atoms with E-state index >= 15 is 0 Å². The summed E-state index contributed by atoms with van der Waals surface area (Å²) in [6.07, 6.45) is 0.220. The van der Waals surface area contributed by atoms with Crippen LogP contribution in [0.25, 0.3) is 0 Å². The molecule has 1 aromatic carbocycles. The summed E-state index contributed by atoms with van der Waals surface area (Å²) in [6.45, 7) is 5.48. The Morgan fingerprint density at radius 2 is 2.04 bits per heavy atom. The van der Waals surface area contributed by atoms with Crippen LogP contribution in [-0.2, 0) is 9.59 Å². The standard InChI is InChI=1S/C17H24ClN3O2.ClH/c1-17(2,10-19)11-20(3)16(23)12-8-15(22)21(9-12)14-7-5-4-6-13(14)18;/h4-7,12H,8-11,19H2,1-3H3;1H. The number of carbonyl (C=O) groups is 2. The summed E-state index contributed by atoms with van der Waals surface area (Å²) < 4.78 is 0. The third-order valence-electron chi connectivity index (χ3n) is 4.21. The van der Waals surface area contributed by atoms with E-state index in [-0.39, 0.29) is 42.0 Å². The van der Waals surface area contributed by atoms with Crippen LogP contribution in [0.4, 0.5) is 5.69 Å². The van der Waals surface area contributed by atoms with Crippen LogP contribution in [0.5, 0.6) is 0 Å². The summed E-state index contributed by atoms with van der Waals surface area (Å²) in [5, 5.41) is 0.520. The third kappa shape index (κ3) is 4.62. The maximum atomic E-state index is 12.6. The number of amides is 2. The Kier molecular flexibility index (Phi) is 7.08. The maximum absolute atomic E-state index is 12.6. The van der Waals surface area contributed by atoms with Crippen LogP contribution >= 0.6 is 24.0 Å². The number of hydrogen-bond acceptors (Lipinski definition) is 3. The average Bonchev–Trinajstić information content (AvgIpc) is 2.88. The van der Waals surface area contributed by atoms with E-state index in [1.807, 2.05) is 26.0 Å². The normalized spacial score (nSPS) is 17.6. The minimum atomic E-state index is -0.336. The molecule has 2 amide bonds. The topological polar surface area (TPSA) is 66.6 Å². The Labute approximate surface area is 154 Å². The van der Waals surface area contributed by atoms with Crippen molar-refractivity contribution < 1.29 is 9.59 Å². The van der Waals surface area contributed by atoms with E-state index in [1.54, 1.807) is 29.0 Å². The molecule has 5 nitrogen and oxygen atoms in total. The molecule has 1 aliphatic heterocycles. The summed E-state index contributed by atoms with van der Waals surface area (Å²) in [5.74, 6) is -0.422. The molecule has 1 aromatic rings. The number of benzene rings is 1. The molecular formula is C17H25Cl2N3O2. The fourth-order valence-electron chi connectivity index (χ4n) is 2.87. The van der Waals surface area contributed by atoms with Crippen molar-refractivity contribution in [1.29, 1.82) is 0 Å². The molecule has 1 heterocycles. The lowest BCUT2D eigenvalue weighted by atomic mass is 9.92. The Balaban J connectivity index is 0.00000288. The van der Waals surface area contributed by atoms with Gasteiger partial charge in [-0.15, -0.1) is 12.4 Å². The number of carbonyl (C=O) groups excluding carboxylic acids is 2. The predicted octanol–water partition coefficient (Wildman–Crippen LogP) is 2.56. The molecule has 24 heavy (non-hydrogen) atoms. The van der Waals surface area contributed by atoms with Gasteiger partial charge < -0.3 is 15.5 Å². The highest BCUT2D eigenvalue weighted by Gasteiger charge is 2.37. The second-order valence-corrected chi connectivity index (χ2v) is 7.33. The van der Waals surface area contributed by atoms with E-state index in [9.17, 15) is 9.59 Å². The molecule has 2 rings (SSSR count). The number of hydrogen-bond donors (Lipinski definition) is 1. The number of rotatable bonds is 5. The summed E-state index contributed by atoms with van der Waals surface area (Å²) in [5.41, 5.74) is 6.25. The Morgan fingerprint density at radius 1 is 1.42 bits per heavy atom. The van der Waals surface area contributed by atoms with Crippen molar-refractivity contribution in [2.45, 2.75) is 20.3 Å². The number of nitrogens with two attached hydrogens (primary N) is 1. The summed E-state index contributed by atoms with van der Waals surface area (Å²) >= 11 is 6.16. The van der Waals surface area contributed by atoms with E-state index in [1.165, 1.54) is 0 Å². The van der Waals surface area contributed by atoms with E-state index in [0.717, 1.165) is 0 Å². The predicted molar refractivity (Wildman–Crippen MR) is 99.6 cm³/mol. The second-order valence-electron chi connectivity index (χ2n) is 6.92. The summed E-state index contributed by atoms with van der Waals surface area (Å²) in [7, 11) is 1.77. The molecule has 0 bridgehead atoms. The fraction of sp³-hybridized carbons (Fsp3) is 0.529. The van der Waals surface area contributed by atoms with Gasteiger partial charge in [0.1, 0.15) is 0 Å². The smallest absolute Gasteiger partial charge is 0.227 e. The van der Waals surface area contributed by atoms with Crippen LogP contribution < -0.4 is 10.6 Å². The van der Waals surface area contributed by atoms with Gasteiger partial charge in [-0.05, 0) is 24.1 Å². The van der Waals surface area contributed by atoms with Gasteiger partial charge in [-0.1, -0.05) is 37.6 Å². The lowest BCUT2D eigenvalue weighted by molar-refractivity contribution is -0.135. The molecule has 1 aliphatic rings. The first kappa shape index (κ1) is 20.7. The molecule has 1 fully saturated rings. The van der Waals surface area contributed by atoms with Gasteiger partial charge in [0.25, 0.3) is 0 Å². The van der Waals surface area contributed by atoms with Gasteiger partial charge >= 0.3 is 0 Å². The maximum Gasteiger partial charge on any atom is 0.227 e. The second kappa shape index (κ2) is 8.19. The molecule has 2 N–H and O–H groups in total.